The fourth-order valence-electron chi connectivity index (χ4n) is 2.26. The summed E-state index contributed by atoms with van der Waals surface area (Å²) < 4.78 is 0. The normalized spacial score (nSPS) is 12.7. The average molecular weight is 314 g/mol. The maximum Gasteiger partial charge on any atom is 0.151 e. The lowest BCUT2D eigenvalue weighted by Crippen LogP contribution is -2.21. The van der Waals surface area contributed by atoms with Gasteiger partial charge in [-0.2, -0.15) is 0 Å². The molecule has 4 heteroatoms. The van der Waals surface area contributed by atoms with Crippen LogP contribution < -0.4 is 0 Å². The second-order valence-electron chi connectivity index (χ2n) is 7.94. The number of ketones is 2. The van der Waals surface area contributed by atoms with Crippen molar-refractivity contribution >= 4 is 11.6 Å². The van der Waals surface area contributed by atoms with Crippen LogP contribution in [0.25, 0.3) is 0 Å². The lowest BCUT2D eigenvalue weighted by Gasteiger charge is -2.25. The Bertz CT molecular complexity index is 356. The van der Waals surface area contributed by atoms with Gasteiger partial charge in [-0.15, -0.1) is 0 Å². The number of rotatable bonds is 12. The minimum absolute atomic E-state index is 0.0867. The minimum atomic E-state index is -1.34. The zero-order valence-corrected chi connectivity index (χ0v) is 14.9. The van der Waals surface area contributed by atoms with E-state index in [2.05, 4.69) is 20.8 Å². The summed E-state index contributed by atoms with van der Waals surface area (Å²) >= 11 is 0. The van der Waals surface area contributed by atoms with Crippen molar-refractivity contribution in [3.63, 3.8) is 0 Å². The van der Waals surface area contributed by atoms with Crippen molar-refractivity contribution in [3.05, 3.63) is 0 Å². The Kier molecular flexibility index (Phi) is 9.09. The summed E-state index contributed by atoms with van der Waals surface area (Å²) in [5.74, 6) is 0.253. The van der Waals surface area contributed by atoms with Gasteiger partial charge in [-0.05, 0) is 23.7 Å². The van der Waals surface area contributed by atoms with E-state index in [0.717, 1.165) is 12.8 Å². The summed E-state index contributed by atoms with van der Waals surface area (Å²) in [6.07, 6.45) is 3.04. The number of hydrogen-bond donors (Lipinski definition) is 2. The predicted molar refractivity (Wildman–Crippen MR) is 88.4 cm³/mol. The van der Waals surface area contributed by atoms with Crippen LogP contribution in [0.3, 0.4) is 0 Å². The Labute approximate surface area is 135 Å². The molecule has 0 saturated carbocycles. The molecule has 0 aromatic heterocycles. The molecule has 0 unspecified atom stereocenters. The highest BCUT2D eigenvalue weighted by molar-refractivity contribution is 5.85. The van der Waals surface area contributed by atoms with Crippen LogP contribution in [0.4, 0.5) is 0 Å². The zero-order chi connectivity index (χ0) is 17.4. The molecular formula is C18H34O4. The summed E-state index contributed by atoms with van der Waals surface area (Å²) in [7, 11) is 0. The van der Waals surface area contributed by atoms with Crippen LogP contribution in [0.15, 0.2) is 0 Å². The second kappa shape index (κ2) is 9.41. The van der Waals surface area contributed by atoms with Crippen molar-refractivity contribution in [2.24, 2.45) is 10.8 Å². The van der Waals surface area contributed by atoms with Gasteiger partial charge in [0.1, 0.15) is 11.6 Å². The number of carbonyl (C=O) groups excluding carboxylic acids is 2. The Balaban J connectivity index is 3.97. The van der Waals surface area contributed by atoms with E-state index in [9.17, 15) is 9.59 Å². The fraction of sp³-hybridized carbons (Fsp3) is 0.889. The topological polar surface area (TPSA) is 74.6 Å². The van der Waals surface area contributed by atoms with Gasteiger partial charge in [-0.1, -0.05) is 41.0 Å². The van der Waals surface area contributed by atoms with Gasteiger partial charge in [0.2, 0.25) is 0 Å². The molecule has 130 valence electrons. The molecule has 0 spiro atoms. The third kappa shape index (κ3) is 10.9. The molecule has 22 heavy (non-hydrogen) atoms. The van der Waals surface area contributed by atoms with Crippen LogP contribution in [0.5, 0.6) is 0 Å². The molecule has 0 heterocycles. The summed E-state index contributed by atoms with van der Waals surface area (Å²) in [5.41, 5.74) is -0.0895. The van der Waals surface area contributed by atoms with E-state index >= 15 is 0 Å². The van der Waals surface area contributed by atoms with E-state index < -0.39 is 6.29 Å². The summed E-state index contributed by atoms with van der Waals surface area (Å²) in [6.45, 7) is 10.3. The Morgan fingerprint density at radius 3 is 1.59 bits per heavy atom. The van der Waals surface area contributed by atoms with Crippen molar-refractivity contribution in [2.45, 2.75) is 92.3 Å². The van der Waals surface area contributed by atoms with Crippen molar-refractivity contribution in [2.75, 3.05) is 0 Å². The smallest absolute Gasteiger partial charge is 0.151 e. The van der Waals surface area contributed by atoms with Gasteiger partial charge in [0, 0.05) is 32.1 Å². The molecule has 0 fully saturated rings. The number of aliphatic hydroxyl groups excluding tert-OH is 1. The van der Waals surface area contributed by atoms with Crippen LogP contribution in [0.1, 0.15) is 86.0 Å². The van der Waals surface area contributed by atoms with Crippen LogP contribution in [0.2, 0.25) is 0 Å². The van der Waals surface area contributed by atoms with Gasteiger partial charge >= 0.3 is 0 Å². The quantitative estimate of drug-likeness (QED) is 0.539. The number of carbonyl (C=O) groups is 2. The van der Waals surface area contributed by atoms with E-state index in [4.69, 9.17) is 10.2 Å². The SMILES string of the molecule is CCC(C)(C)CCC(=O)CCC(=O)CCC(C)(C)CC(O)O. The fourth-order valence-corrected chi connectivity index (χ4v) is 2.26. The second-order valence-corrected chi connectivity index (χ2v) is 7.94. The molecule has 0 radical (unpaired) electrons. The minimum Gasteiger partial charge on any atom is -0.368 e. The first-order valence-electron chi connectivity index (χ1n) is 8.37. The summed E-state index contributed by atoms with van der Waals surface area (Å²) in [6, 6.07) is 0. The number of aliphatic hydroxyl groups is 2. The monoisotopic (exact) mass is 314 g/mol. The summed E-state index contributed by atoms with van der Waals surface area (Å²) in [4.78, 5) is 23.7. The molecule has 2 N–H and O–H groups in total. The van der Waals surface area contributed by atoms with Crippen LogP contribution >= 0.6 is 0 Å². The molecule has 4 nitrogen and oxygen atoms in total. The van der Waals surface area contributed by atoms with E-state index in [-0.39, 0.29) is 28.8 Å². The van der Waals surface area contributed by atoms with Gasteiger partial charge in [-0.3, -0.25) is 9.59 Å². The van der Waals surface area contributed by atoms with Crippen LogP contribution in [-0.4, -0.2) is 28.1 Å². The van der Waals surface area contributed by atoms with Gasteiger partial charge in [0.25, 0.3) is 0 Å². The maximum absolute atomic E-state index is 11.9. The van der Waals surface area contributed by atoms with Crippen LogP contribution in [0, 0.1) is 10.8 Å². The predicted octanol–water partition coefficient (Wildman–Crippen LogP) is 3.63. The van der Waals surface area contributed by atoms with Crippen molar-refractivity contribution in [1.82, 2.24) is 0 Å². The molecule has 0 aliphatic carbocycles. The Morgan fingerprint density at radius 1 is 0.818 bits per heavy atom. The van der Waals surface area contributed by atoms with Gasteiger partial charge in [0.05, 0.1) is 0 Å². The lowest BCUT2D eigenvalue weighted by atomic mass is 9.82. The molecule has 0 aromatic carbocycles. The lowest BCUT2D eigenvalue weighted by molar-refractivity contribution is -0.125. The third-order valence-electron chi connectivity index (χ3n) is 4.54. The average Bonchev–Trinajstić information content (AvgIpc) is 2.39. The van der Waals surface area contributed by atoms with Crippen LogP contribution in [-0.2, 0) is 9.59 Å². The molecule has 0 amide bonds. The van der Waals surface area contributed by atoms with Crippen molar-refractivity contribution < 1.29 is 19.8 Å². The van der Waals surface area contributed by atoms with Gasteiger partial charge in [0.15, 0.2) is 6.29 Å². The third-order valence-corrected chi connectivity index (χ3v) is 4.54. The standard InChI is InChI=1S/C18H34O4/c1-6-17(2,3)11-9-14(19)7-8-15(20)10-12-18(4,5)13-16(21)22/h16,21-22H,6-13H2,1-5H3. The molecule has 0 atom stereocenters. The number of Topliss-reactive ketones (excluding diaryl/α,β-unsaturated/α-hetero) is 2. The van der Waals surface area contributed by atoms with Crippen molar-refractivity contribution in [3.8, 4) is 0 Å². The van der Waals surface area contributed by atoms with E-state index in [0.29, 0.717) is 32.1 Å². The maximum atomic E-state index is 11.9. The largest absolute Gasteiger partial charge is 0.368 e. The van der Waals surface area contributed by atoms with Gasteiger partial charge in [-0.25, -0.2) is 0 Å². The highest BCUT2D eigenvalue weighted by Crippen LogP contribution is 2.29. The molecule has 0 bridgehead atoms. The molecular weight excluding hydrogens is 280 g/mol. The first kappa shape index (κ1) is 21.3. The first-order chi connectivity index (χ1) is 9.97. The highest BCUT2D eigenvalue weighted by Gasteiger charge is 2.22. The summed E-state index contributed by atoms with van der Waals surface area (Å²) in [5, 5.41) is 18.0. The molecule has 0 aromatic rings. The van der Waals surface area contributed by atoms with E-state index in [1.165, 1.54) is 0 Å². The molecule has 0 saturated heterocycles. The molecule has 0 aliphatic rings. The Morgan fingerprint density at radius 2 is 1.23 bits per heavy atom. The molecule has 0 rings (SSSR count). The molecule has 0 aliphatic heterocycles. The van der Waals surface area contributed by atoms with E-state index in [1.54, 1.807) is 0 Å². The number of hydrogen-bond acceptors (Lipinski definition) is 4. The van der Waals surface area contributed by atoms with Crippen molar-refractivity contribution in [1.29, 1.82) is 0 Å². The van der Waals surface area contributed by atoms with Gasteiger partial charge < -0.3 is 10.2 Å². The highest BCUT2D eigenvalue weighted by atomic mass is 16.5. The Hall–Kier alpha value is -0.740. The zero-order valence-electron chi connectivity index (χ0n) is 14.9. The van der Waals surface area contributed by atoms with E-state index in [1.807, 2.05) is 13.8 Å². The first-order valence-corrected chi connectivity index (χ1v) is 8.37.